The van der Waals surface area contributed by atoms with Crippen molar-refractivity contribution in [2.24, 2.45) is 0 Å². The molecule has 0 aliphatic rings. The van der Waals surface area contributed by atoms with Gasteiger partial charge in [0.2, 0.25) is 0 Å². The molecule has 2 rings (SSSR count). The first-order valence-corrected chi connectivity index (χ1v) is 6.39. The predicted octanol–water partition coefficient (Wildman–Crippen LogP) is 3.73. The molecule has 0 aliphatic carbocycles. The number of halogens is 2. The normalized spacial score (nSPS) is 10.3. The molecule has 0 heterocycles. The summed E-state index contributed by atoms with van der Waals surface area (Å²) >= 11 is 3.30. The molecule has 0 saturated heterocycles. The van der Waals surface area contributed by atoms with Gasteiger partial charge in [-0.3, -0.25) is 4.79 Å². The van der Waals surface area contributed by atoms with E-state index < -0.39 is 0 Å². The highest BCUT2D eigenvalue weighted by molar-refractivity contribution is 9.10. The minimum absolute atomic E-state index is 0.297. The number of nitrogens with two attached hydrogens (primary N) is 1. The van der Waals surface area contributed by atoms with E-state index in [2.05, 4.69) is 21.2 Å². The number of nitrogen functional groups attached to an aromatic ring is 1. The van der Waals surface area contributed by atoms with Crippen molar-refractivity contribution in [3.63, 3.8) is 0 Å². The summed E-state index contributed by atoms with van der Waals surface area (Å²) < 4.78 is 13.6. The van der Waals surface area contributed by atoms with Crippen LogP contribution in [0.1, 0.15) is 15.9 Å². The van der Waals surface area contributed by atoms with E-state index in [4.69, 9.17) is 5.73 Å². The third kappa shape index (κ3) is 3.12. The number of carbonyl (C=O) groups excluding carboxylic acids is 1. The van der Waals surface area contributed by atoms with Gasteiger partial charge in [0.05, 0.1) is 5.56 Å². The Kier molecular flexibility index (Phi) is 3.85. The van der Waals surface area contributed by atoms with Crippen molar-refractivity contribution in [3.05, 3.63) is 57.8 Å². The van der Waals surface area contributed by atoms with Gasteiger partial charge in [0.1, 0.15) is 5.82 Å². The maximum atomic E-state index is 13.0. The summed E-state index contributed by atoms with van der Waals surface area (Å²) in [6.45, 7) is 1.73. The maximum absolute atomic E-state index is 13.0. The van der Waals surface area contributed by atoms with E-state index in [9.17, 15) is 9.18 Å². The van der Waals surface area contributed by atoms with E-state index in [0.717, 1.165) is 0 Å². The van der Waals surface area contributed by atoms with Crippen LogP contribution in [0, 0.1) is 12.7 Å². The second-order valence-electron chi connectivity index (χ2n) is 4.15. The zero-order chi connectivity index (χ0) is 14.0. The van der Waals surface area contributed by atoms with E-state index in [1.54, 1.807) is 25.1 Å². The molecule has 3 nitrogen and oxygen atoms in total. The molecular weight excluding hydrogens is 311 g/mol. The summed E-state index contributed by atoms with van der Waals surface area (Å²) in [6, 6.07) is 9.19. The number of carbonyl (C=O) groups is 1. The minimum Gasteiger partial charge on any atom is -0.399 e. The van der Waals surface area contributed by atoms with Crippen molar-refractivity contribution in [3.8, 4) is 0 Å². The van der Waals surface area contributed by atoms with Gasteiger partial charge in [-0.05, 0) is 64.8 Å². The van der Waals surface area contributed by atoms with E-state index >= 15 is 0 Å². The lowest BCUT2D eigenvalue weighted by Crippen LogP contribution is -2.13. The van der Waals surface area contributed by atoms with Gasteiger partial charge in [0.15, 0.2) is 0 Å². The van der Waals surface area contributed by atoms with Crippen LogP contribution in [0.4, 0.5) is 15.8 Å². The van der Waals surface area contributed by atoms with Crippen molar-refractivity contribution < 1.29 is 9.18 Å². The third-order valence-electron chi connectivity index (χ3n) is 2.67. The van der Waals surface area contributed by atoms with Gasteiger partial charge in [-0.15, -0.1) is 0 Å². The Bertz CT molecular complexity index is 643. The number of benzene rings is 2. The Labute approximate surface area is 118 Å². The smallest absolute Gasteiger partial charge is 0.256 e. The fourth-order valence-corrected chi connectivity index (χ4v) is 2.10. The molecule has 2 aromatic carbocycles. The molecule has 0 aromatic heterocycles. The number of nitrogens with one attached hydrogen (secondary N) is 1. The van der Waals surface area contributed by atoms with Crippen molar-refractivity contribution in [2.75, 3.05) is 11.1 Å². The summed E-state index contributed by atoms with van der Waals surface area (Å²) in [5.74, 6) is -0.630. The van der Waals surface area contributed by atoms with Crippen LogP contribution < -0.4 is 11.1 Å². The fourth-order valence-electron chi connectivity index (χ4n) is 1.67. The zero-order valence-corrected chi connectivity index (χ0v) is 11.8. The van der Waals surface area contributed by atoms with Crippen LogP contribution in [0.2, 0.25) is 0 Å². The highest BCUT2D eigenvalue weighted by Gasteiger charge is 2.12. The Hall–Kier alpha value is -1.88. The van der Waals surface area contributed by atoms with Crippen molar-refractivity contribution >= 4 is 33.2 Å². The average molecular weight is 323 g/mol. The van der Waals surface area contributed by atoms with Crippen LogP contribution in [-0.2, 0) is 0 Å². The van der Waals surface area contributed by atoms with Gasteiger partial charge >= 0.3 is 0 Å². The van der Waals surface area contributed by atoms with Crippen molar-refractivity contribution in [2.45, 2.75) is 6.92 Å². The quantitative estimate of drug-likeness (QED) is 0.828. The Morgan fingerprint density at radius 1 is 1.26 bits per heavy atom. The SMILES string of the molecule is Cc1cc(F)ccc1NC(=O)c1cc(N)ccc1Br. The Morgan fingerprint density at radius 3 is 2.68 bits per heavy atom. The van der Waals surface area contributed by atoms with E-state index in [1.807, 2.05) is 0 Å². The van der Waals surface area contributed by atoms with Crippen LogP contribution in [0.5, 0.6) is 0 Å². The molecule has 0 aliphatic heterocycles. The van der Waals surface area contributed by atoms with Gasteiger partial charge in [-0.2, -0.15) is 0 Å². The van der Waals surface area contributed by atoms with E-state index in [-0.39, 0.29) is 11.7 Å². The van der Waals surface area contributed by atoms with Crippen LogP contribution in [-0.4, -0.2) is 5.91 Å². The maximum Gasteiger partial charge on any atom is 0.256 e. The summed E-state index contributed by atoms with van der Waals surface area (Å²) in [5, 5.41) is 2.73. The van der Waals surface area contributed by atoms with Crippen LogP contribution in [0.15, 0.2) is 40.9 Å². The molecule has 98 valence electrons. The van der Waals surface area contributed by atoms with E-state index in [1.165, 1.54) is 18.2 Å². The molecule has 0 fully saturated rings. The molecule has 2 aromatic rings. The van der Waals surface area contributed by atoms with Crippen molar-refractivity contribution in [1.82, 2.24) is 0 Å². The minimum atomic E-state index is -0.333. The first-order valence-electron chi connectivity index (χ1n) is 5.60. The van der Waals surface area contributed by atoms with Gasteiger partial charge in [0, 0.05) is 15.8 Å². The summed E-state index contributed by atoms with van der Waals surface area (Å²) in [5.41, 5.74) is 7.83. The highest BCUT2D eigenvalue weighted by atomic mass is 79.9. The summed E-state index contributed by atoms with van der Waals surface area (Å²) in [7, 11) is 0. The molecule has 0 spiro atoms. The predicted molar refractivity (Wildman–Crippen MR) is 77.6 cm³/mol. The monoisotopic (exact) mass is 322 g/mol. The molecule has 19 heavy (non-hydrogen) atoms. The van der Waals surface area contributed by atoms with Crippen LogP contribution in [0.3, 0.4) is 0 Å². The number of anilines is 2. The summed E-state index contributed by atoms with van der Waals surface area (Å²) in [6.07, 6.45) is 0. The first kappa shape index (κ1) is 13.5. The second kappa shape index (κ2) is 5.40. The lowest BCUT2D eigenvalue weighted by molar-refractivity contribution is 0.102. The largest absolute Gasteiger partial charge is 0.399 e. The summed E-state index contributed by atoms with van der Waals surface area (Å²) in [4.78, 5) is 12.1. The molecule has 0 atom stereocenters. The van der Waals surface area contributed by atoms with Crippen LogP contribution in [0.25, 0.3) is 0 Å². The van der Waals surface area contributed by atoms with Gasteiger partial charge in [0.25, 0.3) is 5.91 Å². The highest BCUT2D eigenvalue weighted by Crippen LogP contribution is 2.22. The Morgan fingerprint density at radius 2 is 2.00 bits per heavy atom. The third-order valence-corrected chi connectivity index (χ3v) is 3.36. The molecule has 0 radical (unpaired) electrons. The molecule has 0 unspecified atom stereocenters. The number of amides is 1. The molecule has 3 N–H and O–H groups in total. The number of hydrogen-bond donors (Lipinski definition) is 2. The fraction of sp³-hybridized carbons (Fsp3) is 0.0714. The molecule has 0 bridgehead atoms. The standard InChI is InChI=1S/C14H12BrFN2O/c1-8-6-9(16)2-5-13(8)18-14(19)11-7-10(17)3-4-12(11)15/h2-7H,17H2,1H3,(H,18,19). The number of hydrogen-bond acceptors (Lipinski definition) is 2. The molecule has 5 heteroatoms. The van der Waals surface area contributed by atoms with Crippen LogP contribution >= 0.6 is 15.9 Å². The number of rotatable bonds is 2. The average Bonchev–Trinajstić information content (AvgIpc) is 2.35. The van der Waals surface area contributed by atoms with Gasteiger partial charge in [-0.1, -0.05) is 0 Å². The van der Waals surface area contributed by atoms with Crippen molar-refractivity contribution in [1.29, 1.82) is 0 Å². The van der Waals surface area contributed by atoms with Gasteiger partial charge in [-0.25, -0.2) is 4.39 Å². The molecule has 1 amide bonds. The molecule has 0 saturated carbocycles. The molecular formula is C14H12BrFN2O. The van der Waals surface area contributed by atoms with Gasteiger partial charge < -0.3 is 11.1 Å². The topological polar surface area (TPSA) is 55.1 Å². The first-order chi connectivity index (χ1) is 8.97. The second-order valence-corrected chi connectivity index (χ2v) is 5.01. The van der Waals surface area contributed by atoms with E-state index in [0.29, 0.717) is 27.0 Å². The lowest BCUT2D eigenvalue weighted by Gasteiger charge is -2.10. The lowest BCUT2D eigenvalue weighted by atomic mass is 10.1. The zero-order valence-electron chi connectivity index (χ0n) is 10.2. The number of aryl methyl sites for hydroxylation is 1. The Balaban J connectivity index is 2.28.